The maximum absolute atomic E-state index is 11.1. The van der Waals surface area contributed by atoms with Crippen LogP contribution in [0.4, 0.5) is 0 Å². The quantitative estimate of drug-likeness (QED) is 0.205. The third-order valence-corrected chi connectivity index (χ3v) is 6.95. The van der Waals surface area contributed by atoms with Gasteiger partial charge in [-0.25, -0.2) is 5.48 Å². The molecule has 2 N–H and O–H groups in total. The highest BCUT2D eigenvalue weighted by Crippen LogP contribution is 2.28. The molecule has 1 amide bonds. The molecular weight excluding hydrogens is 472 g/mol. The molecule has 1 aliphatic heterocycles. The number of nitrogens with one attached hydrogen (secondary N) is 2. The first-order valence-corrected chi connectivity index (χ1v) is 14.0. The molecule has 208 valence electrons. The SMILES string of the molecule is C/C=C\CC(=O)NOCC1CCOC1.C=CC=C.CC1CCCC(NC(C)c2cccc3ccccc23)C1. The molecule has 0 radical (unpaired) electrons. The van der Waals surface area contributed by atoms with Crippen LogP contribution in [0.1, 0.15) is 70.9 Å². The van der Waals surface area contributed by atoms with Crippen molar-refractivity contribution in [3.05, 3.63) is 85.5 Å². The maximum Gasteiger partial charge on any atom is 0.247 e. The molecule has 0 bridgehead atoms. The van der Waals surface area contributed by atoms with Crippen molar-refractivity contribution >= 4 is 16.7 Å². The number of allylic oxidation sites excluding steroid dienone is 3. The second kappa shape index (κ2) is 18.5. The van der Waals surface area contributed by atoms with Crippen LogP contribution in [0.5, 0.6) is 0 Å². The summed E-state index contributed by atoms with van der Waals surface area (Å²) in [4.78, 5) is 16.1. The van der Waals surface area contributed by atoms with Crippen LogP contribution < -0.4 is 10.8 Å². The molecule has 4 unspecified atom stereocenters. The van der Waals surface area contributed by atoms with Crippen LogP contribution in [0.15, 0.2) is 79.9 Å². The molecule has 1 saturated heterocycles. The summed E-state index contributed by atoms with van der Waals surface area (Å²) in [6.07, 6.45) is 13.7. The number of hydroxylamine groups is 1. The third-order valence-electron chi connectivity index (χ3n) is 6.95. The van der Waals surface area contributed by atoms with Crippen LogP contribution in [0.25, 0.3) is 10.8 Å². The van der Waals surface area contributed by atoms with Crippen molar-refractivity contribution in [3.8, 4) is 0 Å². The van der Waals surface area contributed by atoms with Gasteiger partial charge in [0.05, 0.1) is 13.2 Å². The summed E-state index contributed by atoms with van der Waals surface area (Å²) in [6.45, 7) is 15.4. The zero-order valence-corrected chi connectivity index (χ0v) is 23.7. The van der Waals surface area contributed by atoms with E-state index in [1.54, 1.807) is 18.2 Å². The van der Waals surface area contributed by atoms with E-state index in [9.17, 15) is 4.79 Å². The Balaban J connectivity index is 0.000000246. The first-order valence-electron chi connectivity index (χ1n) is 14.0. The summed E-state index contributed by atoms with van der Waals surface area (Å²) >= 11 is 0. The number of hydrogen-bond acceptors (Lipinski definition) is 4. The Morgan fingerprint density at radius 3 is 2.58 bits per heavy atom. The number of hydrogen-bond donors (Lipinski definition) is 2. The third kappa shape index (κ3) is 11.8. The molecule has 4 rings (SSSR count). The Hall–Kier alpha value is -2.73. The summed E-state index contributed by atoms with van der Waals surface area (Å²) < 4.78 is 5.18. The minimum atomic E-state index is -0.109. The van der Waals surface area contributed by atoms with E-state index < -0.39 is 0 Å². The molecule has 0 spiro atoms. The lowest BCUT2D eigenvalue weighted by Crippen LogP contribution is -2.35. The van der Waals surface area contributed by atoms with E-state index in [2.05, 4.69) is 80.3 Å². The number of fused-ring (bicyclic) bond motifs is 1. The molecule has 2 fully saturated rings. The number of carbonyl (C=O) groups excluding carboxylic acids is 1. The van der Waals surface area contributed by atoms with Gasteiger partial charge >= 0.3 is 0 Å². The molecule has 1 saturated carbocycles. The van der Waals surface area contributed by atoms with Gasteiger partial charge in [-0.2, -0.15) is 0 Å². The summed E-state index contributed by atoms with van der Waals surface area (Å²) in [7, 11) is 0. The smallest absolute Gasteiger partial charge is 0.247 e. The molecule has 5 nitrogen and oxygen atoms in total. The number of ether oxygens (including phenoxy) is 1. The largest absolute Gasteiger partial charge is 0.381 e. The molecule has 0 aromatic heterocycles. The Labute approximate surface area is 230 Å². The average molecular weight is 521 g/mol. The van der Waals surface area contributed by atoms with Crippen LogP contribution in [-0.4, -0.2) is 31.8 Å². The predicted molar refractivity (Wildman–Crippen MR) is 160 cm³/mol. The molecule has 2 aliphatic rings. The van der Waals surface area contributed by atoms with Gasteiger partial charge in [0.15, 0.2) is 0 Å². The Bertz CT molecular complexity index is 985. The molecule has 2 aromatic carbocycles. The predicted octanol–water partition coefficient (Wildman–Crippen LogP) is 7.46. The average Bonchev–Trinajstić information content (AvgIpc) is 3.45. The second-order valence-electron chi connectivity index (χ2n) is 10.2. The highest BCUT2D eigenvalue weighted by molar-refractivity contribution is 5.86. The van der Waals surface area contributed by atoms with Crippen molar-refractivity contribution in [2.24, 2.45) is 11.8 Å². The lowest BCUT2D eigenvalue weighted by atomic mass is 9.86. The van der Waals surface area contributed by atoms with Crippen LogP contribution in [0.3, 0.4) is 0 Å². The van der Waals surface area contributed by atoms with Crippen molar-refractivity contribution in [3.63, 3.8) is 0 Å². The van der Waals surface area contributed by atoms with Crippen molar-refractivity contribution in [2.75, 3.05) is 19.8 Å². The van der Waals surface area contributed by atoms with E-state index in [0.717, 1.165) is 25.6 Å². The summed E-state index contributed by atoms with van der Waals surface area (Å²) in [5.74, 6) is 1.19. The van der Waals surface area contributed by atoms with Crippen molar-refractivity contribution in [1.29, 1.82) is 0 Å². The fourth-order valence-corrected chi connectivity index (χ4v) is 4.88. The number of carbonyl (C=O) groups is 1. The first kappa shape index (κ1) is 31.5. The van der Waals surface area contributed by atoms with Gasteiger partial charge in [0.1, 0.15) is 0 Å². The van der Waals surface area contributed by atoms with Gasteiger partial charge in [-0.3, -0.25) is 9.63 Å². The van der Waals surface area contributed by atoms with E-state index >= 15 is 0 Å². The minimum absolute atomic E-state index is 0.109. The standard InChI is InChI=1S/C19H25N.C10H17NO3.C4H6/c1-14-7-5-10-17(13-14)20-15(2)18-12-6-9-16-8-3-4-11-19(16)18;1-2-3-4-10(12)11-14-8-9-5-6-13-7-9;1-3-4-2/h3-4,6,8-9,11-12,14-15,17,20H,5,7,10,13H2,1-2H3;2-3,9H,4-8H2,1H3,(H,11,12);3-4H,1-2H2/b;3-2-;. The summed E-state index contributed by atoms with van der Waals surface area (Å²) in [5, 5.41) is 6.59. The lowest BCUT2D eigenvalue weighted by Gasteiger charge is -2.30. The van der Waals surface area contributed by atoms with Crippen molar-refractivity contribution in [1.82, 2.24) is 10.8 Å². The lowest BCUT2D eigenvalue weighted by molar-refractivity contribution is -0.133. The maximum atomic E-state index is 11.1. The van der Waals surface area contributed by atoms with Gasteiger partial charge in [0.2, 0.25) is 5.91 Å². The van der Waals surface area contributed by atoms with E-state index in [4.69, 9.17) is 9.57 Å². The molecule has 1 heterocycles. The molecule has 4 atom stereocenters. The van der Waals surface area contributed by atoms with Gasteiger partial charge in [-0.1, -0.05) is 99.7 Å². The number of rotatable bonds is 9. The van der Waals surface area contributed by atoms with Crippen LogP contribution in [0.2, 0.25) is 0 Å². The highest BCUT2D eigenvalue weighted by atomic mass is 16.7. The number of benzene rings is 2. The van der Waals surface area contributed by atoms with E-state index in [1.807, 2.05) is 13.0 Å². The number of amides is 1. The summed E-state index contributed by atoms with van der Waals surface area (Å²) in [6, 6.07) is 16.5. The highest BCUT2D eigenvalue weighted by Gasteiger charge is 2.21. The monoisotopic (exact) mass is 520 g/mol. The minimum Gasteiger partial charge on any atom is -0.381 e. The van der Waals surface area contributed by atoms with E-state index in [0.29, 0.717) is 31.0 Å². The van der Waals surface area contributed by atoms with E-state index in [-0.39, 0.29) is 5.91 Å². The molecule has 5 heteroatoms. The zero-order chi connectivity index (χ0) is 27.6. The van der Waals surface area contributed by atoms with Crippen LogP contribution in [-0.2, 0) is 14.4 Å². The van der Waals surface area contributed by atoms with Crippen molar-refractivity contribution in [2.45, 2.75) is 71.4 Å². The Morgan fingerprint density at radius 1 is 1.13 bits per heavy atom. The molecule has 38 heavy (non-hydrogen) atoms. The second-order valence-corrected chi connectivity index (χ2v) is 10.2. The topological polar surface area (TPSA) is 59.6 Å². The van der Waals surface area contributed by atoms with Gasteiger partial charge in [0, 0.05) is 31.0 Å². The van der Waals surface area contributed by atoms with Gasteiger partial charge < -0.3 is 10.1 Å². The van der Waals surface area contributed by atoms with Gasteiger partial charge in [-0.05, 0) is 55.4 Å². The molecular formula is C33H48N2O3. The normalized spacial score (nSPS) is 21.5. The Morgan fingerprint density at radius 2 is 1.89 bits per heavy atom. The summed E-state index contributed by atoms with van der Waals surface area (Å²) in [5.41, 5.74) is 3.83. The zero-order valence-electron chi connectivity index (χ0n) is 23.7. The first-order chi connectivity index (χ1) is 18.5. The Kier molecular flexibility index (Phi) is 15.3. The van der Waals surface area contributed by atoms with Gasteiger partial charge in [-0.15, -0.1) is 0 Å². The van der Waals surface area contributed by atoms with Gasteiger partial charge in [0.25, 0.3) is 0 Å². The van der Waals surface area contributed by atoms with Crippen LogP contribution >= 0.6 is 0 Å². The fourth-order valence-electron chi connectivity index (χ4n) is 4.88. The van der Waals surface area contributed by atoms with E-state index in [1.165, 1.54) is 42.0 Å². The molecule has 2 aromatic rings. The van der Waals surface area contributed by atoms with Crippen LogP contribution in [0, 0.1) is 11.8 Å². The fraction of sp³-hybridized carbons (Fsp3) is 0.485. The molecule has 1 aliphatic carbocycles. The van der Waals surface area contributed by atoms with Crippen molar-refractivity contribution < 1.29 is 14.4 Å².